The Morgan fingerprint density at radius 1 is 1.09 bits per heavy atom. The number of nitrogens with one attached hydrogen (secondary N) is 2. The molecule has 0 atom stereocenters. The third-order valence-electron chi connectivity index (χ3n) is 4.20. The summed E-state index contributed by atoms with van der Waals surface area (Å²) in [6.07, 6.45) is 2.30. The van der Waals surface area contributed by atoms with E-state index in [0.29, 0.717) is 12.5 Å². The first-order valence-corrected chi connectivity index (χ1v) is 8.11. The zero-order chi connectivity index (χ0) is 15.6. The predicted molar refractivity (Wildman–Crippen MR) is 88.9 cm³/mol. The quantitative estimate of drug-likeness (QED) is 0.758. The normalized spacial score (nSPS) is 19.0. The summed E-state index contributed by atoms with van der Waals surface area (Å²) in [4.78, 5) is 2.26. The predicted octanol–water partition coefficient (Wildman–Crippen LogP) is 0.946. The van der Waals surface area contributed by atoms with Crippen molar-refractivity contribution in [2.45, 2.75) is 12.8 Å². The van der Waals surface area contributed by atoms with Crippen LogP contribution < -0.4 is 15.5 Å². The zero-order valence-corrected chi connectivity index (χ0v) is 13.1. The van der Waals surface area contributed by atoms with E-state index in [1.807, 2.05) is 24.3 Å². The summed E-state index contributed by atoms with van der Waals surface area (Å²) < 4.78 is 0. The van der Waals surface area contributed by atoms with Gasteiger partial charge in [0.25, 0.3) is 0 Å². The molecule has 0 amide bonds. The maximum atomic E-state index is 8.96. The molecule has 5 nitrogen and oxygen atoms in total. The molecular weight excluding hydrogens is 276 g/mol. The first-order valence-electron chi connectivity index (χ1n) is 8.11. The van der Waals surface area contributed by atoms with Crippen molar-refractivity contribution in [3.05, 3.63) is 29.8 Å². The van der Waals surface area contributed by atoms with Crippen LogP contribution in [0.1, 0.15) is 18.4 Å². The highest BCUT2D eigenvalue weighted by Gasteiger charge is 2.13. The van der Waals surface area contributed by atoms with Crippen LogP contribution in [0.5, 0.6) is 0 Å². The highest BCUT2D eigenvalue weighted by molar-refractivity contribution is 5.59. The van der Waals surface area contributed by atoms with E-state index in [0.717, 1.165) is 63.4 Å². The van der Waals surface area contributed by atoms with E-state index in [-0.39, 0.29) is 0 Å². The maximum absolute atomic E-state index is 8.96. The Labute approximate surface area is 132 Å². The van der Waals surface area contributed by atoms with Crippen LogP contribution in [0.3, 0.4) is 0 Å². The molecule has 1 aromatic carbocycles. The van der Waals surface area contributed by atoms with Crippen LogP contribution in [0.2, 0.25) is 0 Å². The lowest BCUT2D eigenvalue weighted by Crippen LogP contribution is -2.43. The molecule has 0 saturated carbocycles. The van der Waals surface area contributed by atoms with Crippen LogP contribution in [0.25, 0.3) is 0 Å². The Kier molecular flexibility index (Phi) is 7.17. The van der Waals surface area contributed by atoms with Crippen LogP contribution in [0.4, 0.5) is 5.69 Å². The van der Waals surface area contributed by atoms with E-state index in [4.69, 9.17) is 10.4 Å². The van der Waals surface area contributed by atoms with E-state index < -0.39 is 0 Å². The molecule has 3 rings (SSSR count). The molecular formula is C17H26N4O. The van der Waals surface area contributed by atoms with Crippen molar-refractivity contribution in [1.82, 2.24) is 10.6 Å². The molecule has 0 aliphatic carbocycles. The topological polar surface area (TPSA) is 71.3 Å². The molecule has 0 unspecified atom stereocenters. The Balaban J connectivity index is 0.000000188. The Morgan fingerprint density at radius 2 is 1.73 bits per heavy atom. The van der Waals surface area contributed by atoms with Gasteiger partial charge in [0.1, 0.15) is 6.07 Å². The highest BCUT2D eigenvalue weighted by atomic mass is 16.3. The Morgan fingerprint density at radius 3 is 2.32 bits per heavy atom. The minimum atomic E-state index is 0.377. The summed E-state index contributed by atoms with van der Waals surface area (Å²) in [7, 11) is 0. The van der Waals surface area contributed by atoms with Crippen LogP contribution in [0.15, 0.2) is 24.3 Å². The molecule has 2 saturated heterocycles. The lowest BCUT2D eigenvalue weighted by Gasteiger charge is -2.29. The van der Waals surface area contributed by atoms with Gasteiger partial charge in [-0.25, -0.2) is 0 Å². The Hall–Kier alpha value is -1.61. The fourth-order valence-electron chi connectivity index (χ4n) is 2.81. The van der Waals surface area contributed by atoms with Gasteiger partial charge in [-0.2, -0.15) is 5.26 Å². The van der Waals surface area contributed by atoms with E-state index in [1.165, 1.54) is 0 Å². The van der Waals surface area contributed by atoms with E-state index in [1.54, 1.807) is 0 Å². The van der Waals surface area contributed by atoms with Crippen molar-refractivity contribution in [3.63, 3.8) is 0 Å². The molecule has 0 bridgehead atoms. The molecule has 0 spiro atoms. The van der Waals surface area contributed by atoms with Crippen molar-refractivity contribution in [3.8, 4) is 6.07 Å². The van der Waals surface area contributed by atoms with Gasteiger partial charge in [-0.1, -0.05) is 12.1 Å². The third-order valence-corrected chi connectivity index (χ3v) is 4.20. The molecule has 2 heterocycles. The molecule has 1 aromatic rings. The van der Waals surface area contributed by atoms with Gasteiger partial charge in [0.2, 0.25) is 0 Å². The van der Waals surface area contributed by atoms with Gasteiger partial charge in [0, 0.05) is 32.8 Å². The number of piperidine rings is 1. The first-order chi connectivity index (χ1) is 10.8. The average molecular weight is 302 g/mol. The number of benzene rings is 1. The number of hydrogen-bond acceptors (Lipinski definition) is 5. The molecule has 2 aliphatic heterocycles. The Bertz CT molecular complexity index is 474. The molecule has 2 fully saturated rings. The van der Waals surface area contributed by atoms with Gasteiger partial charge in [-0.15, -0.1) is 0 Å². The van der Waals surface area contributed by atoms with Crippen molar-refractivity contribution in [1.29, 1.82) is 5.26 Å². The first kappa shape index (κ1) is 16.8. The molecule has 22 heavy (non-hydrogen) atoms. The number of rotatable bonds is 2. The summed E-state index contributed by atoms with van der Waals surface area (Å²) in [5, 5.41) is 24.2. The van der Waals surface area contributed by atoms with Gasteiger partial charge in [-0.05, 0) is 44.0 Å². The molecule has 5 heteroatoms. The average Bonchev–Trinajstić information content (AvgIpc) is 2.63. The van der Waals surface area contributed by atoms with Crippen LogP contribution in [0, 0.1) is 17.2 Å². The number of nitrogens with zero attached hydrogens (tertiary/aromatic N) is 2. The summed E-state index contributed by atoms with van der Waals surface area (Å²) >= 11 is 0. The second kappa shape index (κ2) is 9.42. The van der Waals surface area contributed by atoms with Crippen molar-refractivity contribution >= 4 is 5.69 Å². The highest BCUT2D eigenvalue weighted by Crippen LogP contribution is 2.19. The van der Waals surface area contributed by atoms with E-state index >= 15 is 0 Å². The van der Waals surface area contributed by atoms with E-state index in [2.05, 4.69) is 21.6 Å². The largest absolute Gasteiger partial charge is 0.396 e. The third kappa shape index (κ3) is 4.99. The van der Waals surface area contributed by atoms with Crippen molar-refractivity contribution in [2.75, 3.05) is 50.8 Å². The minimum absolute atomic E-state index is 0.377. The summed E-state index contributed by atoms with van der Waals surface area (Å²) in [5.41, 5.74) is 1.84. The van der Waals surface area contributed by atoms with Crippen molar-refractivity contribution < 1.29 is 5.11 Å². The lowest BCUT2D eigenvalue weighted by atomic mass is 10.00. The molecule has 0 aromatic heterocycles. The van der Waals surface area contributed by atoms with Crippen LogP contribution in [-0.2, 0) is 0 Å². The number of anilines is 1. The number of para-hydroxylation sites is 1. The molecule has 0 radical (unpaired) electrons. The summed E-state index contributed by atoms with van der Waals surface area (Å²) in [6, 6.07) is 10.0. The van der Waals surface area contributed by atoms with Crippen LogP contribution in [-0.4, -0.2) is 51.0 Å². The number of nitriles is 1. The fraction of sp³-hybridized carbons (Fsp3) is 0.588. The zero-order valence-electron chi connectivity index (χ0n) is 13.1. The summed E-state index contributed by atoms with van der Waals surface area (Å²) in [5.74, 6) is 0.580. The molecule has 120 valence electrons. The number of piperazine rings is 1. The monoisotopic (exact) mass is 302 g/mol. The van der Waals surface area contributed by atoms with Gasteiger partial charge < -0.3 is 20.6 Å². The van der Waals surface area contributed by atoms with Gasteiger partial charge in [0.05, 0.1) is 11.3 Å². The second-order valence-electron chi connectivity index (χ2n) is 5.74. The maximum Gasteiger partial charge on any atom is 0.101 e. The smallest absolute Gasteiger partial charge is 0.101 e. The standard InChI is InChI=1S/C11H13N3.C6H13NO/c12-9-10-3-1-2-4-11(10)14-7-5-13-6-8-14;8-5-6-1-3-7-4-2-6/h1-4,13H,5-8H2;6-8H,1-5H2. The molecule has 3 N–H and O–H groups in total. The number of aliphatic hydroxyl groups excluding tert-OH is 1. The SMILES string of the molecule is N#Cc1ccccc1N1CCNCC1.OCC1CCNCC1. The lowest BCUT2D eigenvalue weighted by molar-refractivity contribution is 0.196. The van der Waals surface area contributed by atoms with Gasteiger partial charge >= 0.3 is 0 Å². The van der Waals surface area contributed by atoms with Gasteiger partial charge in [-0.3, -0.25) is 0 Å². The van der Waals surface area contributed by atoms with Crippen LogP contribution >= 0.6 is 0 Å². The summed E-state index contributed by atoms with van der Waals surface area (Å²) in [6.45, 7) is 6.52. The number of aliphatic hydroxyl groups is 1. The fourth-order valence-corrected chi connectivity index (χ4v) is 2.81. The minimum Gasteiger partial charge on any atom is -0.396 e. The van der Waals surface area contributed by atoms with Crippen molar-refractivity contribution in [2.24, 2.45) is 5.92 Å². The second-order valence-corrected chi connectivity index (χ2v) is 5.74. The molecule has 2 aliphatic rings. The van der Waals surface area contributed by atoms with E-state index in [9.17, 15) is 0 Å². The number of hydrogen-bond donors (Lipinski definition) is 3. The van der Waals surface area contributed by atoms with Gasteiger partial charge in [0.15, 0.2) is 0 Å².